The first-order valence-electron chi connectivity index (χ1n) is 3.79. The van der Waals surface area contributed by atoms with E-state index < -0.39 is 0 Å². The van der Waals surface area contributed by atoms with Crippen molar-refractivity contribution in [3.8, 4) is 0 Å². The molecule has 0 aliphatic carbocycles. The van der Waals surface area contributed by atoms with Crippen molar-refractivity contribution in [3.63, 3.8) is 0 Å². The van der Waals surface area contributed by atoms with E-state index in [0.717, 1.165) is 6.61 Å². The minimum absolute atomic E-state index is 0.0359. The molecule has 3 rings (SSSR count). The zero-order chi connectivity index (χ0) is 6.72. The summed E-state index contributed by atoms with van der Waals surface area (Å²) in [6.45, 7) is 2.93. The first kappa shape index (κ1) is 5.52. The van der Waals surface area contributed by atoms with Gasteiger partial charge in [-0.1, -0.05) is 6.92 Å². The quantitative estimate of drug-likeness (QED) is 0.451. The number of epoxide rings is 1. The fraction of sp³-hybridized carbons (Fsp3) is 1.00. The average molecular weight is 142 g/mol. The van der Waals surface area contributed by atoms with Gasteiger partial charge >= 0.3 is 0 Å². The SMILES string of the molecule is C[C@@H]1C2CO[C@H](O2)C2O[C@@H]21. The summed E-state index contributed by atoms with van der Waals surface area (Å²) in [5.74, 6) is 0.531. The number of hydrogen-bond acceptors (Lipinski definition) is 3. The second-order valence-corrected chi connectivity index (χ2v) is 3.30. The summed E-state index contributed by atoms with van der Waals surface area (Å²) in [6, 6.07) is 0. The highest BCUT2D eigenvalue weighted by atomic mass is 16.8. The number of fused-ring (bicyclic) bond motifs is 4. The molecule has 3 fully saturated rings. The van der Waals surface area contributed by atoms with Crippen molar-refractivity contribution in [2.45, 2.75) is 31.5 Å². The van der Waals surface area contributed by atoms with Gasteiger partial charge in [-0.3, -0.25) is 0 Å². The van der Waals surface area contributed by atoms with Crippen molar-refractivity contribution in [1.29, 1.82) is 0 Å². The molecule has 56 valence electrons. The summed E-state index contributed by atoms with van der Waals surface area (Å²) >= 11 is 0. The molecule has 3 aliphatic rings. The Labute approximate surface area is 59.3 Å². The molecule has 0 aromatic heterocycles. The van der Waals surface area contributed by atoms with Crippen LogP contribution in [-0.2, 0) is 14.2 Å². The Hall–Kier alpha value is -0.120. The minimum Gasteiger partial charge on any atom is -0.364 e. The highest BCUT2D eigenvalue weighted by Crippen LogP contribution is 2.44. The van der Waals surface area contributed by atoms with Gasteiger partial charge < -0.3 is 14.2 Å². The molecule has 0 N–H and O–H groups in total. The van der Waals surface area contributed by atoms with Crippen LogP contribution < -0.4 is 0 Å². The van der Waals surface area contributed by atoms with Crippen LogP contribution in [0.1, 0.15) is 6.92 Å². The Morgan fingerprint density at radius 1 is 1.20 bits per heavy atom. The zero-order valence-electron chi connectivity index (χ0n) is 5.82. The van der Waals surface area contributed by atoms with E-state index in [1.165, 1.54) is 0 Å². The van der Waals surface area contributed by atoms with E-state index >= 15 is 0 Å². The highest BCUT2D eigenvalue weighted by molar-refractivity contribution is 5.01. The number of hydrogen-bond donors (Lipinski definition) is 0. The first-order chi connectivity index (χ1) is 4.86. The van der Waals surface area contributed by atoms with Crippen LogP contribution in [0.15, 0.2) is 0 Å². The van der Waals surface area contributed by atoms with E-state index in [0.29, 0.717) is 18.1 Å². The lowest BCUT2D eigenvalue weighted by molar-refractivity contribution is -0.0870. The average Bonchev–Trinajstić information content (AvgIpc) is 2.61. The lowest BCUT2D eigenvalue weighted by Crippen LogP contribution is -2.33. The van der Waals surface area contributed by atoms with Crippen LogP contribution in [0.25, 0.3) is 0 Å². The Morgan fingerprint density at radius 2 is 2.10 bits per heavy atom. The van der Waals surface area contributed by atoms with Crippen molar-refractivity contribution >= 4 is 0 Å². The Bertz CT molecular complexity index is 168. The molecule has 3 saturated heterocycles. The molecule has 0 radical (unpaired) electrons. The third-order valence-corrected chi connectivity index (χ3v) is 2.67. The van der Waals surface area contributed by atoms with E-state index in [-0.39, 0.29) is 12.4 Å². The molecule has 5 atom stereocenters. The van der Waals surface area contributed by atoms with Crippen LogP contribution in [0.3, 0.4) is 0 Å². The third kappa shape index (κ3) is 0.516. The second kappa shape index (κ2) is 1.55. The van der Waals surface area contributed by atoms with Gasteiger partial charge in [0.2, 0.25) is 0 Å². The smallest absolute Gasteiger partial charge is 0.186 e. The first-order valence-corrected chi connectivity index (χ1v) is 3.79. The normalized spacial score (nSPS) is 63.9. The lowest BCUT2D eigenvalue weighted by atomic mass is 9.98. The van der Waals surface area contributed by atoms with Crippen molar-refractivity contribution in [1.82, 2.24) is 0 Å². The Kier molecular flexibility index (Phi) is 0.854. The standard InChI is InChI=1S/C7H10O3/c1-3-4-2-8-7(9-4)6-5(3)10-6/h3-7H,2H2,1H3/t3-,4?,5-,6?,7-/m1/s1. The molecule has 2 unspecified atom stereocenters. The maximum atomic E-state index is 5.52. The predicted molar refractivity (Wildman–Crippen MR) is 32.4 cm³/mol. The summed E-state index contributed by atoms with van der Waals surface area (Å²) in [4.78, 5) is 0. The van der Waals surface area contributed by atoms with Gasteiger partial charge in [-0.15, -0.1) is 0 Å². The van der Waals surface area contributed by atoms with Gasteiger partial charge in [0.25, 0.3) is 0 Å². The molecule has 0 aromatic carbocycles. The van der Waals surface area contributed by atoms with Crippen molar-refractivity contribution in [2.24, 2.45) is 5.92 Å². The second-order valence-electron chi connectivity index (χ2n) is 3.30. The van der Waals surface area contributed by atoms with Crippen LogP contribution >= 0.6 is 0 Å². The molecule has 3 heteroatoms. The molecular formula is C7H10O3. The van der Waals surface area contributed by atoms with Crippen molar-refractivity contribution in [3.05, 3.63) is 0 Å². The maximum Gasteiger partial charge on any atom is 0.186 e. The molecule has 3 nitrogen and oxygen atoms in total. The lowest BCUT2D eigenvalue weighted by Gasteiger charge is -2.19. The fourth-order valence-electron chi connectivity index (χ4n) is 1.88. The topological polar surface area (TPSA) is 31.0 Å². The molecule has 0 spiro atoms. The fourth-order valence-corrected chi connectivity index (χ4v) is 1.88. The summed E-state index contributed by atoms with van der Waals surface area (Å²) in [6.07, 6.45) is 0.958. The van der Waals surface area contributed by atoms with Gasteiger partial charge in [-0.2, -0.15) is 0 Å². The van der Waals surface area contributed by atoms with Crippen LogP contribution in [0.5, 0.6) is 0 Å². The minimum atomic E-state index is -0.0359. The monoisotopic (exact) mass is 142 g/mol. The number of ether oxygens (including phenoxy) is 3. The van der Waals surface area contributed by atoms with Gasteiger partial charge in [-0.25, -0.2) is 0 Å². The summed E-state index contributed by atoms with van der Waals surface area (Å²) < 4.78 is 16.2. The van der Waals surface area contributed by atoms with Crippen LogP contribution in [0.2, 0.25) is 0 Å². The summed E-state index contributed by atoms with van der Waals surface area (Å²) in [5.41, 5.74) is 0. The zero-order valence-corrected chi connectivity index (χ0v) is 5.82. The molecule has 10 heavy (non-hydrogen) atoms. The molecule has 0 aromatic rings. The van der Waals surface area contributed by atoms with Crippen LogP contribution in [0.4, 0.5) is 0 Å². The largest absolute Gasteiger partial charge is 0.364 e. The summed E-state index contributed by atoms with van der Waals surface area (Å²) in [7, 11) is 0. The van der Waals surface area contributed by atoms with Gasteiger partial charge in [-0.05, 0) is 0 Å². The van der Waals surface area contributed by atoms with Crippen molar-refractivity contribution < 1.29 is 14.2 Å². The molecular weight excluding hydrogens is 132 g/mol. The van der Waals surface area contributed by atoms with Gasteiger partial charge in [0.05, 0.1) is 18.8 Å². The molecule has 0 saturated carbocycles. The van der Waals surface area contributed by atoms with Crippen molar-refractivity contribution in [2.75, 3.05) is 6.61 Å². The van der Waals surface area contributed by atoms with Gasteiger partial charge in [0, 0.05) is 5.92 Å². The van der Waals surface area contributed by atoms with Crippen LogP contribution in [-0.4, -0.2) is 31.2 Å². The predicted octanol–water partition coefficient (Wildman–Crippen LogP) is 0.145. The van der Waals surface area contributed by atoms with Gasteiger partial charge in [0.1, 0.15) is 6.10 Å². The van der Waals surface area contributed by atoms with E-state index in [9.17, 15) is 0 Å². The van der Waals surface area contributed by atoms with E-state index in [1.807, 2.05) is 0 Å². The highest BCUT2D eigenvalue weighted by Gasteiger charge is 2.59. The van der Waals surface area contributed by atoms with E-state index in [2.05, 4.69) is 6.92 Å². The van der Waals surface area contributed by atoms with E-state index in [1.54, 1.807) is 0 Å². The Balaban J connectivity index is 1.91. The van der Waals surface area contributed by atoms with E-state index in [4.69, 9.17) is 14.2 Å². The maximum absolute atomic E-state index is 5.52. The molecule has 0 amide bonds. The summed E-state index contributed by atoms with van der Waals surface area (Å²) in [5, 5.41) is 0. The van der Waals surface area contributed by atoms with Gasteiger partial charge in [0.15, 0.2) is 6.29 Å². The van der Waals surface area contributed by atoms with Crippen LogP contribution in [0, 0.1) is 5.92 Å². The third-order valence-electron chi connectivity index (χ3n) is 2.67. The Morgan fingerprint density at radius 3 is 3.00 bits per heavy atom. The molecule has 2 bridgehead atoms. The number of rotatable bonds is 0. The molecule has 3 aliphatic heterocycles. The molecule has 3 heterocycles.